The van der Waals surface area contributed by atoms with Gasteiger partial charge in [0.2, 0.25) is 0 Å². The Morgan fingerprint density at radius 3 is 2.50 bits per heavy atom. The lowest BCUT2D eigenvalue weighted by atomic mass is 10.1. The van der Waals surface area contributed by atoms with Crippen LogP contribution in [0.4, 0.5) is 4.79 Å². The molecule has 1 aromatic rings. The van der Waals surface area contributed by atoms with E-state index in [4.69, 9.17) is 18.0 Å². The van der Waals surface area contributed by atoms with E-state index in [9.17, 15) is 13.2 Å². The van der Waals surface area contributed by atoms with Crippen molar-refractivity contribution >= 4 is 27.5 Å². The molecule has 0 heterocycles. The molecule has 0 aliphatic carbocycles. The second-order valence-electron chi connectivity index (χ2n) is 5.25. The summed E-state index contributed by atoms with van der Waals surface area (Å²) in [6, 6.07) is 3.80. The third-order valence-electron chi connectivity index (χ3n) is 2.98. The molecule has 0 bridgehead atoms. The van der Waals surface area contributed by atoms with E-state index in [0.717, 1.165) is 6.26 Å². The predicted molar refractivity (Wildman–Crippen MR) is 87.4 cm³/mol. The molecule has 0 saturated heterocycles. The van der Waals surface area contributed by atoms with Crippen LogP contribution in [0.15, 0.2) is 23.1 Å². The van der Waals surface area contributed by atoms with Crippen molar-refractivity contribution in [2.24, 2.45) is 5.92 Å². The maximum Gasteiger partial charge on any atom is 0.316 e. The van der Waals surface area contributed by atoms with Crippen LogP contribution in [0.1, 0.15) is 19.4 Å². The Bertz CT molecular complexity index is 693. The van der Waals surface area contributed by atoms with Crippen LogP contribution in [0.3, 0.4) is 0 Å². The van der Waals surface area contributed by atoms with Crippen molar-refractivity contribution in [1.29, 1.82) is 0 Å². The Hall–Kier alpha value is -1.71. The lowest BCUT2D eigenvalue weighted by Crippen LogP contribution is -2.43. The highest BCUT2D eigenvalue weighted by Gasteiger charge is 2.14. The Morgan fingerprint density at radius 1 is 1.41 bits per heavy atom. The molecular weight excluding hydrogens is 324 g/mol. The number of hydrogen-bond donors (Lipinski definition) is 2. The molecule has 0 spiro atoms. The smallest absolute Gasteiger partial charge is 0.316 e. The minimum absolute atomic E-state index is 0.0644. The summed E-state index contributed by atoms with van der Waals surface area (Å²) in [6.07, 6.45) is 6.43. The van der Waals surface area contributed by atoms with Gasteiger partial charge in [0.25, 0.3) is 0 Å². The number of carbonyl (C=O) groups is 1. The molecule has 2 amide bonds. The quantitative estimate of drug-likeness (QED) is 0.805. The molecule has 22 heavy (non-hydrogen) atoms. The first-order valence-corrected chi connectivity index (χ1v) is 8.91. The summed E-state index contributed by atoms with van der Waals surface area (Å²) in [6.45, 7) is 4.04. The number of nitrogens with one attached hydrogen (secondary N) is 2. The van der Waals surface area contributed by atoms with Crippen LogP contribution in [-0.2, 0) is 16.4 Å². The fraction of sp³-hybridized carbons (Fsp3) is 0.400. The van der Waals surface area contributed by atoms with E-state index in [2.05, 4.69) is 16.6 Å². The van der Waals surface area contributed by atoms with Crippen molar-refractivity contribution in [3.05, 3.63) is 28.8 Å². The van der Waals surface area contributed by atoms with Gasteiger partial charge in [-0.25, -0.2) is 13.2 Å². The zero-order valence-electron chi connectivity index (χ0n) is 12.7. The van der Waals surface area contributed by atoms with Gasteiger partial charge in [-0.1, -0.05) is 37.4 Å². The van der Waals surface area contributed by atoms with E-state index in [1.807, 2.05) is 13.8 Å². The molecule has 7 heteroatoms. The number of benzene rings is 1. The molecule has 2 N–H and O–H groups in total. The van der Waals surface area contributed by atoms with Crippen LogP contribution < -0.4 is 10.6 Å². The Morgan fingerprint density at radius 2 is 2.05 bits per heavy atom. The SMILES string of the molecule is C#C[C@H](NC(=O)NCc1ccc(S(C)(=O)=O)c(Cl)c1)C(C)C. The summed E-state index contributed by atoms with van der Waals surface area (Å²) in [4.78, 5) is 11.8. The Balaban J connectivity index is 2.68. The van der Waals surface area contributed by atoms with Crippen molar-refractivity contribution < 1.29 is 13.2 Å². The van der Waals surface area contributed by atoms with E-state index in [1.54, 1.807) is 6.07 Å². The average Bonchev–Trinajstić information content (AvgIpc) is 2.40. The van der Waals surface area contributed by atoms with Crippen LogP contribution in [0.25, 0.3) is 0 Å². The molecule has 0 aliphatic rings. The minimum Gasteiger partial charge on any atom is -0.334 e. The number of carbonyl (C=O) groups excluding carboxylic acids is 1. The van der Waals surface area contributed by atoms with Gasteiger partial charge in [-0.2, -0.15) is 0 Å². The van der Waals surface area contributed by atoms with E-state index in [0.29, 0.717) is 5.56 Å². The first-order chi connectivity index (χ1) is 10.1. The van der Waals surface area contributed by atoms with E-state index >= 15 is 0 Å². The molecule has 0 saturated carbocycles. The molecule has 0 unspecified atom stereocenters. The van der Waals surface area contributed by atoms with Crippen molar-refractivity contribution in [2.45, 2.75) is 31.3 Å². The van der Waals surface area contributed by atoms with Crippen LogP contribution >= 0.6 is 11.6 Å². The largest absolute Gasteiger partial charge is 0.334 e. The van der Waals surface area contributed by atoms with Gasteiger partial charge in [0.15, 0.2) is 9.84 Å². The summed E-state index contributed by atoms with van der Waals surface area (Å²) in [7, 11) is -3.36. The molecule has 0 aromatic heterocycles. The van der Waals surface area contributed by atoms with Gasteiger partial charge in [0, 0.05) is 12.8 Å². The van der Waals surface area contributed by atoms with Gasteiger partial charge in [-0.3, -0.25) is 0 Å². The van der Waals surface area contributed by atoms with E-state index in [-0.39, 0.29) is 34.5 Å². The molecular formula is C15H19ClN2O3S. The summed E-state index contributed by atoms with van der Waals surface area (Å²) in [5.74, 6) is 2.63. The number of amides is 2. The minimum atomic E-state index is -3.36. The summed E-state index contributed by atoms with van der Waals surface area (Å²) in [5.41, 5.74) is 0.689. The van der Waals surface area contributed by atoms with Crippen molar-refractivity contribution in [3.63, 3.8) is 0 Å². The van der Waals surface area contributed by atoms with Crippen LogP contribution in [0.2, 0.25) is 5.02 Å². The highest BCUT2D eigenvalue weighted by atomic mass is 35.5. The Kier molecular flexibility index (Phi) is 6.27. The normalized spacial score (nSPS) is 12.5. The topological polar surface area (TPSA) is 75.3 Å². The lowest BCUT2D eigenvalue weighted by Gasteiger charge is -2.17. The molecule has 0 radical (unpaired) electrons. The first kappa shape index (κ1) is 18.3. The van der Waals surface area contributed by atoms with E-state index < -0.39 is 9.84 Å². The third-order valence-corrected chi connectivity index (χ3v) is 4.56. The third kappa shape index (κ3) is 5.24. The lowest BCUT2D eigenvalue weighted by molar-refractivity contribution is 0.236. The van der Waals surface area contributed by atoms with Gasteiger partial charge >= 0.3 is 6.03 Å². The summed E-state index contributed by atoms with van der Waals surface area (Å²) in [5, 5.41) is 5.45. The highest BCUT2D eigenvalue weighted by molar-refractivity contribution is 7.90. The first-order valence-electron chi connectivity index (χ1n) is 6.64. The van der Waals surface area contributed by atoms with Gasteiger partial charge in [0.1, 0.15) is 0 Å². The van der Waals surface area contributed by atoms with Crippen molar-refractivity contribution in [2.75, 3.05) is 6.26 Å². The van der Waals surface area contributed by atoms with Crippen LogP contribution in [0.5, 0.6) is 0 Å². The standard InChI is InChI=1S/C15H19ClN2O3S/c1-5-13(10(2)3)18-15(19)17-9-11-6-7-14(12(16)8-11)22(4,20)21/h1,6-8,10,13H,9H2,2-4H3,(H2,17,18,19)/t13-/m0/s1. The Labute approximate surface area is 136 Å². The number of terminal acetylenes is 1. The predicted octanol–water partition coefficient (Wildman–Crippen LogP) is 2.20. The van der Waals surface area contributed by atoms with Gasteiger partial charge in [-0.15, -0.1) is 6.42 Å². The number of hydrogen-bond acceptors (Lipinski definition) is 3. The average molecular weight is 343 g/mol. The zero-order valence-corrected chi connectivity index (χ0v) is 14.3. The number of rotatable bonds is 5. The van der Waals surface area contributed by atoms with Crippen LogP contribution in [0, 0.1) is 18.3 Å². The molecule has 120 valence electrons. The highest BCUT2D eigenvalue weighted by Crippen LogP contribution is 2.22. The fourth-order valence-electron chi connectivity index (χ4n) is 1.73. The number of urea groups is 1. The summed E-state index contributed by atoms with van der Waals surface area (Å²) >= 11 is 5.94. The summed E-state index contributed by atoms with van der Waals surface area (Å²) < 4.78 is 22.9. The zero-order chi connectivity index (χ0) is 16.9. The monoisotopic (exact) mass is 342 g/mol. The fourth-order valence-corrected chi connectivity index (χ4v) is 3.08. The molecule has 0 aliphatic heterocycles. The maximum atomic E-state index is 11.8. The molecule has 1 aromatic carbocycles. The van der Waals surface area contributed by atoms with Gasteiger partial charge in [-0.05, 0) is 23.6 Å². The van der Waals surface area contributed by atoms with Crippen molar-refractivity contribution in [3.8, 4) is 12.3 Å². The second kappa shape index (κ2) is 7.52. The van der Waals surface area contributed by atoms with Gasteiger partial charge < -0.3 is 10.6 Å². The molecule has 5 nitrogen and oxygen atoms in total. The maximum absolute atomic E-state index is 11.8. The number of sulfone groups is 1. The molecule has 1 atom stereocenters. The second-order valence-corrected chi connectivity index (χ2v) is 7.64. The van der Waals surface area contributed by atoms with Crippen LogP contribution in [-0.4, -0.2) is 26.7 Å². The van der Waals surface area contributed by atoms with Crippen molar-refractivity contribution in [1.82, 2.24) is 10.6 Å². The molecule has 0 fully saturated rings. The number of halogens is 1. The van der Waals surface area contributed by atoms with Gasteiger partial charge in [0.05, 0.1) is 16.0 Å². The molecule has 1 rings (SSSR count). The van der Waals surface area contributed by atoms with E-state index in [1.165, 1.54) is 12.1 Å².